The molecule has 0 radical (unpaired) electrons. The molecule has 120 valence electrons. The summed E-state index contributed by atoms with van der Waals surface area (Å²) in [5, 5.41) is 6.44. The molecule has 1 aromatic rings. The lowest BCUT2D eigenvalue weighted by atomic mass is 9.93. The smallest absolute Gasteiger partial charge is 0.252 e. The molecule has 0 aromatic carbocycles. The number of ether oxygens (including phenoxy) is 1. The molecule has 3 rings (SSSR count). The van der Waals surface area contributed by atoms with E-state index in [9.17, 15) is 4.79 Å². The Morgan fingerprint density at radius 3 is 3.14 bits per heavy atom. The van der Waals surface area contributed by atoms with Crippen LogP contribution in [0.2, 0.25) is 0 Å². The van der Waals surface area contributed by atoms with Gasteiger partial charge in [-0.3, -0.25) is 9.78 Å². The van der Waals surface area contributed by atoms with E-state index in [1.807, 2.05) is 20.0 Å². The number of aromatic nitrogens is 1. The van der Waals surface area contributed by atoms with E-state index in [-0.39, 0.29) is 5.91 Å². The predicted molar refractivity (Wildman–Crippen MR) is 84.4 cm³/mol. The lowest BCUT2D eigenvalue weighted by Gasteiger charge is -2.32. The molecule has 3 heterocycles. The van der Waals surface area contributed by atoms with Gasteiger partial charge in [-0.05, 0) is 62.8 Å². The van der Waals surface area contributed by atoms with Crippen LogP contribution in [0.25, 0.3) is 0 Å². The number of carbonyl (C=O) groups is 1. The van der Waals surface area contributed by atoms with Crippen molar-refractivity contribution in [3.8, 4) is 0 Å². The van der Waals surface area contributed by atoms with Crippen molar-refractivity contribution in [3.05, 3.63) is 28.6 Å². The molecule has 1 fully saturated rings. The van der Waals surface area contributed by atoms with Crippen LogP contribution < -0.4 is 10.6 Å². The number of fused-ring (bicyclic) bond motifs is 1. The third kappa shape index (κ3) is 3.01. The largest absolute Gasteiger partial charge is 0.365 e. The molecule has 2 aliphatic heterocycles. The van der Waals surface area contributed by atoms with Gasteiger partial charge in [0.1, 0.15) is 5.60 Å². The quantitative estimate of drug-likeness (QED) is 0.890. The summed E-state index contributed by atoms with van der Waals surface area (Å²) >= 11 is 0. The first-order valence-corrected chi connectivity index (χ1v) is 8.19. The Kier molecular flexibility index (Phi) is 4.45. The highest BCUT2D eigenvalue weighted by Gasteiger charge is 2.35. The maximum atomic E-state index is 12.5. The van der Waals surface area contributed by atoms with Crippen LogP contribution in [0.1, 0.15) is 48.6 Å². The summed E-state index contributed by atoms with van der Waals surface area (Å²) in [6, 6.07) is 0. The molecule has 1 aromatic heterocycles. The molecule has 1 atom stereocenters. The van der Waals surface area contributed by atoms with Crippen LogP contribution in [0.15, 0.2) is 6.20 Å². The number of nitrogens with zero attached hydrogens (tertiary/aromatic N) is 1. The van der Waals surface area contributed by atoms with Crippen LogP contribution >= 0.6 is 0 Å². The lowest BCUT2D eigenvalue weighted by Crippen LogP contribution is -2.48. The summed E-state index contributed by atoms with van der Waals surface area (Å²) in [5.74, 6) is -0.00172. The Morgan fingerprint density at radius 1 is 1.50 bits per heavy atom. The third-order valence-electron chi connectivity index (χ3n) is 4.84. The number of nitrogens with one attached hydrogen (secondary N) is 2. The van der Waals surface area contributed by atoms with Crippen LogP contribution in [0.3, 0.4) is 0 Å². The van der Waals surface area contributed by atoms with Gasteiger partial charge in [-0.15, -0.1) is 0 Å². The standard InChI is InChI=1S/C17H25N3O2/c1-12-15(14-5-7-18-9-13(14)10-19-12)11-20-16(21)17(2)6-3-4-8-22-17/h10,18H,3-9,11H2,1-2H3,(H,20,21)/t17-/m1/s1. The van der Waals surface area contributed by atoms with Gasteiger partial charge in [0.15, 0.2) is 0 Å². The van der Waals surface area contributed by atoms with Crippen molar-refractivity contribution in [2.24, 2.45) is 0 Å². The highest BCUT2D eigenvalue weighted by Crippen LogP contribution is 2.25. The summed E-state index contributed by atoms with van der Waals surface area (Å²) in [6.45, 7) is 6.99. The molecule has 1 amide bonds. The van der Waals surface area contributed by atoms with Gasteiger partial charge in [-0.2, -0.15) is 0 Å². The molecule has 5 nitrogen and oxygen atoms in total. The minimum absolute atomic E-state index is 0.00172. The van der Waals surface area contributed by atoms with Crippen LogP contribution in [-0.2, 0) is 29.0 Å². The number of hydrogen-bond donors (Lipinski definition) is 2. The Bertz CT molecular complexity index is 565. The molecule has 2 N–H and O–H groups in total. The van der Waals surface area contributed by atoms with Crippen molar-refractivity contribution in [2.45, 2.75) is 58.2 Å². The van der Waals surface area contributed by atoms with Gasteiger partial charge < -0.3 is 15.4 Å². The second kappa shape index (κ2) is 6.34. The van der Waals surface area contributed by atoms with E-state index in [0.29, 0.717) is 13.2 Å². The SMILES string of the molecule is Cc1ncc2c(c1CNC(=O)[C@@]1(C)CCCCO1)CCNC2. The summed E-state index contributed by atoms with van der Waals surface area (Å²) in [7, 11) is 0. The van der Waals surface area contributed by atoms with Crippen molar-refractivity contribution >= 4 is 5.91 Å². The van der Waals surface area contributed by atoms with Crippen molar-refractivity contribution in [3.63, 3.8) is 0 Å². The van der Waals surface area contributed by atoms with Crippen molar-refractivity contribution < 1.29 is 9.53 Å². The van der Waals surface area contributed by atoms with Crippen molar-refractivity contribution in [2.75, 3.05) is 13.2 Å². The van der Waals surface area contributed by atoms with Gasteiger partial charge in [-0.1, -0.05) is 0 Å². The molecule has 0 saturated carbocycles. The van der Waals surface area contributed by atoms with Crippen LogP contribution in [0, 0.1) is 6.92 Å². The molecule has 0 spiro atoms. The highest BCUT2D eigenvalue weighted by molar-refractivity contribution is 5.84. The second-order valence-corrected chi connectivity index (χ2v) is 6.47. The Balaban J connectivity index is 1.72. The van der Waals surface area contributed by atoms with Crippen LogP contribution in [0.4, 0.5) is 0 Å². The Labute approximate surface area is 131 Å². The normalized spacial score (nSPS) is 24.6. The van der Waals surface area contributed by atoms with E-state index >= 15 is 0 Å². The first-order valence-electron chi connectivity index (χ1n) is 8.19. The maximum Gasteiger partial charge on any atom is 0.252 e. The minimum Gasteiger partial charge on any atom is -0.365 e. The predicted octanol–water partition coefficient (Wildman–Crippen LogP) is 1.61. The first-order chi connectivity index (χ1) is 10.6. The van der Waals surface area contributed by atoms with Gasteiger partial charge in [0, 0.05) is 31.6 Å². The first kappa shape index (κ1) is 15.4. The van der Waals surface area contributed by atoms with E-state index in [1.165, 1.54) is 16.7 Å². The van der Waals surface area contributed by atoms with Gasteiger partial charge in [0.05, 0.1) is 0 Å². The van der Waals surface area contributed by atoms with Crippen LogP contribution in [0.5, 0.6) is 0 Å². The van der Waals surface area contributed by atoms with Crippen molar-refractivity contribution in [1.82, 2.24) is 15.6 Å². The molecule has 0 unspecified atom stereocenters. The molecule has 2 aliphatic rings. The zero-order valence-corrected chi connectivity index (χ0v) is 13.5. The van der Waals surface area contributed by atoms with E-state index in [1.54, 1.807) is 0 Å². The lowest BCUT2D eigenvalue weighted by molar-refractivity contribution is -0.150. The number of rotatable bonds is 3. The third-order valence-corrected chi connectivity index (χ3v) is 4.84. The Morgan fingerprint density at radius 2 is 2.36 bits per heavy atom. The number of hydrogen-bond acceptors (Lipinski definition) is 4. The van der Waals surface area contributed by atoms with Crippen LogP contribution in [-0.4, -0.2) is 29.6 Å². The summed E-state index contributed by atoms with van der Waals surface area (Å²) in [5.41, 5.74) is 4.11. The molecular weight excluding hydrogens is 278 g/mol. The van der Waals surface area contributed by atoms with Gasteiger partial charge in [-0.25, -0.2) is 0 Å². The Hall–Kier alpha value is -1.46. The average molecular weight is 303 g/mol. The summed E-state index contributed by atoms with van der Waals surface area (Å²) < 4.78 is 5.72. The second-order valence-electron chi connectivity index (χ2n) is 6.47. The molecule has 0 aliphatic carbocycles. The molecule has 0 bridgehead atoms. The summed E-state index contributed by atoms with van der Waals surface area (Å²) in [4.78, 5) is 17.0. The molecule has 22 heavy (non-hydrogen) atoms. The number of pyridine rings is 1. The van der Waals surface area contributed by atoms with E-state index < -0.39 is 5.60 Å². The molecule has 1 saturated heterocycles. The fourth-order valence-corrected chi connectivity index (χ4v) is 3.35. The van der Waals surface area contributed by atoms with Gasteiger partial charge >= 0.3 is 0 Å². The number of carbonyl (C=O) groups excluding carboxylic acids is 1. The fourth-order valence-electron chi connectivity index (χ4n) is 3.35. The topological polar surface area (TPSA) is 63.2 Å². The highest BCUT2D eigenvalue weighted by atomic mass is 16.5. The zero-order valence-electron chi connectivity index (χ0n) is 13.5. The monoisotopic (exact) mass is 303 g/mol. The average Bonchev–Trinajstić information content (AvgIpc) is 2.54. The molecular formula is C17H25N3O2. The van der Waals surface area contributed by atoms with Crippen molar-refractivity contribution in [1.29, 1.82) is 0 Å². The molecule has 5 heteroatoms. The number of aryl methyl sites for hydroxylation is 1. The fraction of sp³-hybridized carbons (Fsp3) is 0.647. The van der Waals surface area contributed by atoms with Gasteiger partial charge in [0.25, 0.3) is 5.91 Å². The summed E-state index contributed by atoms with van der Waals surface area (Å²) in [6.07, 6.45) is 5.85. The maximum absolute atomic E-state index is 12.5. The number of amides is 1. The van der Waals surface area contributed by atoms with Gasteiger partial charge in [0.2, 0.25) is 0 Å². The van der Waals surface area contributed by atoms with E-state index in [4.69, 9.17) is 4.74 Å². The van der Waals surface area contributed by atoms with E-state index in [2.05, 4.69) is 15.6 Å². The minimum atomic E-state index is -0.671. The zero-order chi connectivity index (χ0) is 15.6. The van der Waals surface area contributed by atoms with E-state index in [0.717, 1.165) is 44.5 Å².